The van der Waals surface area contributed by atoms with Gasteiger partial charge in [0.05, 0.1) is 18.2 Å². The lowest BCUT2D eigenvalue weighted by Crippen LogP contribution is -2.05. The molecule has 0 spiro atoms. The van der Waals surface area contributed by atoms with Crippen molar-refractivity contribution in [3.8, 4) is 6.07 Å². The average molecular weight is 218 g/mol. The van der Waals surface area contributed by atoms with Gasteiger partial charge in [-0.2, -0.15) is 5.26 Å². The third-order valence-corrected chi connectivity index (χ3v) is 3.03. The zero-order valence-electron chi connectivity index (χ0n) is 9.82. The van der Waals surface area contributed by atoms with Crippen LogP contribution in [0.5, 0.6) is 0 Å². The maximum atomic E-state index is 8.74. The molecular formula is C12H18N4. The Morgan fingerprint density at radius 3 is 2.88 bits per heavy atom. The van der Waals surface area contributed by atoms with Crippen LogP contribution in [-0.2, 0) is 13.0 Å². The van der Waals surface area contributed by atoms with Crippen molar-refractivity contribution >= 4 is 0 Å². The number of aromatic nitrogens is 3. The summed E-state index contributed by atoms with van der Waals surface area (Å²) in [6.07, 6.45) is 6.49. The standard InChI is InChI=1S/C12H18N4/c1-2-3-4-9-16-12(10-5-6-10)11(7-8-13)14-15-16/h10H,2-7,9H2,1H3. The van der Waals surface area contributed by atoms with Crippen LogP contribution in [0, 0.1) is 11.3 Å². The van der Waals surface area contributed by atoms with Crippen LogP contribution in [-0.4, -0.2) is 15.0 Å². The van der Waals surface area contributed by atoms with Crippen molar-refractivity contribution in [3.63, 3.8) is 0 Å². The molecule has 1 aromatic heterocycles. The van der Waals surface area contributed by atoms with Crippen molar-refractivity contribution < 1.29 is 0 Å². The molecule has 86 valence electrons. The van der Waals surface area contributed by atoms with Gasteiger partial charge in [-0.05, 0) is 19.3 Å². The first-order chi connectivity index (χ1) is 7.86. The van der Waals surface area contributed by atoms with Crippen LogP contribution in [0.3, 0.4) is 0 Å². The lowest BCUT2D eigenvalue weighted by atomic mass is 10.2. The second-order valence-electron chi connectivity index (χ2n) is 4.46. The van der Waals surface area contributed by atoms with E-state index in [0.717, 1.165) is 18.7 Å². The average Bonchev–Trinajstić information content (AvgIpc) is 3.04. The summed E-state index contributed by atoms with van der Waals surface area (Å²) in [5, 5.41) is 17.1. The minimum atomic E-state index is 0.402. The van der Waals surface area contributed by atoms with Crippen LogP contribution in [0.4, 0.5) is 0 Å². The zero-order chi connectivity index (χ0) is 11.4. The Kier molecular flexibility index (Phi) is 3.55. The maximum Gasteiger partial charge on any atom is 0.100 e. The Morgan fingerprint density at radius 2 is 2.25 bits per heavy atom. The van der Waals surface area contributed by atoms with Crippen LogP contribution in [0.2, 0.25) is 0 Å². The molecule has 0 amide bonds. The molecule has 1 aliphatic rings. The highest BCUT2D eigenvalue weighted by Gasteiger charge is 2.30. The molecule has 16 heavy (non-hydrogen) atoms. The van der Waals surface area contributed by atoms with E-state index < -0.39 is 0 Å². The molecule has 0 atom stereocenters. The topological polar surface area (TPSA) is 54.5 Å². The van der Waals surface area contributed by atoms with E-state index in [-0.39, 0.29) is 0 Å². The van der Waals surface area contributed by atoms with E-state index in [1.807, 2.05) is 4.68 Å². The Labute approximate surface area is 96.3 Å². The predicted octanol–water partition coefficient (Wildman–Crippen LogP) is 2.41. The van der Waals surface area contributed by atoms with Gasteiger partial charge in [-0.25, -0.2) is 4.68 Å². The second-order valence-corrected chi connectivity index (χ2v) is 4.46. The van der Waals surface area contributed by atoms with Crippen LogP contribution in [0.15, 0.2) is 0 Å². The van der Waals surface area contributed by atoms with Gasteiger partial charge in [0, 0.05) is 12.5 Å². The molecule has 0 radical (unpaired) electrons. The number of hydrogen-bond acceptors (Lipinski definition) is 3. The number of aryl methyl sites for hydroxylation is 1. The molecule has 1 aromatic rings. The number of rotatable bonds is 6. The van der Waals surface area contributed by atoms with Gasteiger partial charge in [0.15, 0.2) is 0 Å². The van der Waals surface area contributed by atoms with E-state index >= 15 is 0 Å². The molecule has 1 heterocycles. The molecule has 0 aromatic carbocycles. The minimum Gasteiger partial charge on any atom is -0.249 e. The first-order valence-electron chi connectivity index (χ1n) is 6.16. The lowest BCUT2D eigenvalue weighted by Gasteiger charge is -2.05. The number of nitriles is 1. The van der Waals surface area contributed by atoms with Crippen molar-refractivity contribution in [2.24, 2.45) is 0 Å². The summed E-state index contributed by atoms with van der Waals surface area (Å²) >= 11 is 0. The Hall–Kier alpha value is -1.37. The van der Waals surface area contributed by atoms with Gasteiger partial charge in [0.25, 0.3) is 0 Å². The molecule has 1 aliphatic carbocycles. The van der Waals surface area contributed by atoms with E-state index in [9.17, 15) is 0 Å². The number of nitrogens with zero attached hydrogens (tertiary/aromatic N) is 4. The summed E-state index contributed by atoms with van der Waals surface area (Å²) in [5.41, 5.74) is 2.14. The van der Waals surface area contributed by atoms with Crippen molar-refractivity contribution in [1.82, 2.24) is 15.0 Å². The normalized spacial score (nSPS) is 15.0. The summed E-state index contributed by atoms with van der Waals surface area (Å²) in [6.45, 7) is 3.16. The lowest BCUT2D eigenvalue weighted by molar-refractivity contribution is 0.520. The molecular weight excluding hydrogens is 200 g/mol. The van der Waals surface area contributed by atoms with Crippen molar-refractivity contribution in [2.75, 3.05) is 0 Å². The molecule has 2 rings (SSSR count). The Balaban J connectivity index is 2.08. The fourth-order valence-corrected chi connectivity index (χ4v) is 2.04. The highest BCUT2D eigenvalue weighted by Crippen LogP contribution is 2.41. The molecule has 4 heteroatoms. The monoisotopic (exact) mass is 218 g/mol. The van der Waals surface area contributed by atoms with Gasteiger partial charge in [-0.3, -0.25) is 0 Å². The maximum absolute atomic E-state index is 8.74. The second kappa shape index (κ2) is 5.11. The van der Waals surface area contributed by atoms with Crippen molar-refractivity contribution in [2.45, 2.75) is 57.9 Å². The molecule has 0 bridgehead atoms. The number of unbranched alkanes of at least 4 members (excludes halogenated alkanes) is 2. The quantitative estimate of drug-likeness (QED) is 0.689. The third-order valence-electron chi connectivity index (χ3n) is 3.03. The third kappa shape index (κ3) is 2.41. The van der Waals surface area contributed by atoms with E-state index in [0.29, 0.717) is 12.3 Å². The number of hydrogen-bond donors (Lipinski definition) is 0. The first-order valence-corrected chi connectivity index (χ1v) is 6.16. The Bertz CT molecular complexity index is 384. The van der Waals surface area contributed by atoms with Gasteiger partial charge in [-0.15, -0.1) is 5.10 Å². The molecule has 0 aliphatic heterocycles. The molecule has 1 saturated carbocycles. The molecule has 0 unspecified atom stereocenters. The fourth-order valence-electron chi connectivity index (χ4n) is 2.04. The van der Waals surface area contributed by atoms with Crippen LogP contribution in [0.25, 0.3) is 0 Å². The van der Waals surface area contributed by atoms with Gasteiger partial charge in [-0.1, -0.05) is 25.0 Å². The zero-order valence-corrected chi connectivity index (χ0v) is 9.82. The van der Waals surface area contributed by atoms with E-state index in [1.54, 1.807) is 0 Å². The summed E-state index contributed by atoms with van der Waals surface area (Å²) in [7, 11) is 0. The van der Waals surface area contributed by atoms with E-state index in [4.69, 9.17) is 5.26 Å². The summed E-state index contributed by atoms with van der Waals surface area (Å²) < 4.78 is 2.03. The van der Waals surface area contributed by atoms with Gasteiger partial charge in [0.2, 0.25) is 0 Å². The van der Waals surface area contributed by atoms with Gasteiger partial charge < -0.3 is 0 Å². The fraction of sp³-hybridized carbons (Fsp3) is 0.750. The predicted molar refractivity (Wildman–Crippen MR) is 60.8 cm³/mol. The van der Waals surface area contributed by atoms with E-state index in [2.05, 4.69) is 23.3 Å². The summed E-state index contributed by atoms with van der Waals surface area (Å²) in [5.74, 6) is 0.625. The highest BCUT2D eigenvalue weighted by atomic mass is 15.4. The van der Waals surface area contributed by atoms with Crippen molar-refractivity contribution in [3.05, 3.63) is 11.4 Å². The first kappa shape index (κ1) is 11.1. The van der Waals surface area contributed by atoms with Crippen LogP contribution in [0.1, 0.15) is 56.3 Å². The smallest absolute Gasteiger partial charge is 0.100 e. The minimum absolute atomic E-state index is 0.402. The molecule has 0 N–H and O–H groups in total. The van der Waals surface area contributed by atoms with Crippen LogP contribution >= 0.6 is 0 Å². The van der Waals surface area contributed by atoms with E-state index in [1.165, 1.54) is 31.4 Å². The summed E-state index contributed by atoms with van der Waals surface area (Å²) in [6, 6.07) is 2.17. The highest BCUT2D eigenvalue weighted by molar-refractivity contribution is 5.22. The molecule has 4 nitrogen and oxygen atoms in total. The van der Waals surface area contributed by atoms with Crippen LogP contribution < -0.4 is 0 Å². The largest absolute Gasteiger partial charge is 0.249 e. The molecule has 1 fully saturated rings. The van der Waals surface area contributed by atoms with Crippen molar-refractivity contribution in [1.29, 1.82) is 5.26 Å². The summed E-state index contributed by atoms with van der Waals surface area (Å²) in [4.78, 5) is 0. The SMILES string of the molecule is CCCCCn1nnc(CC#N)c1C1CC1. The van der Waals surface area contributed by atoms with Gasteiger partial charge >= 0.3 is 0 Å². The molecule has 0 saturated heterocycles. The van der Waals surface area contributed by atoms with Gasteiger partial charge in [0.1, 0.15) is 5.69 Å². The Morgan fingerprint density at radius 1 is 1.44 bits per heavy atom.